The van der Waals surface area contributed by atoms with Gasteiger partial charge in [-0.3, -0.25) is 19.6 Å². The smallest absolute Gasteiger partial charge is 0.289 e. The maximum absolute atomic E-state index is 12.9. The summed E-state index contributed by atoms with van der Waals surface area (Å²) in [4.78, 5) is 20.0. The SMILES string of the molecule is C=C1/C=C\C=C(\CC)CN(C)C2NON=C2N(N)/C1=C(\N)C(=O)N/N=C(\C)c1ccccc1. The highest BCUT2D eigenvalue weighted by Gasteiger charge is 2.34. The van der Waals surface area contributed by atoms with Gasteiger partial charge in [0, 0.05) is 6.54 Å². The number of hydroxylamine groups is 1. The number of hydrazine groups is 1. The monoisotopic (exact) mass is 450 g/mol. The van der Waals surface area contributed by atoms with Crippen molar-refractivity contribution in [3.8, 4) is 0 Å². The van der Waals surface area contributed by atoms with Gasteiger partial charge < -0.3 is 5.73 Å². The predicted octanol–water partition coefficient (Wildman–Crippen LogP) is 1.44. The highest BCUT2D eigenvalue weighted by atomic mass is 16.8. The van der Waals surface area contributed by atoms with Crippen LogP contribution in [-0.4, -0.2) is 47.1 Å². The Balaban J connectivity index is 1.96. The first-order valence-corrected chi connectivity index (χ1v) is 10.5. The van der Waals surface area contributed by atoms with Crippen molar-refractivity contribution in [2.75, 3.05) is 13.6 Å². The number of allylic oxidation sites excluding steroid dienone is 3. The number of amides is 1. The predicted molar refractivity (Wildman–Crippen MR) is 129 cm³/mol. The molecule has 174 valence electrons. The average molecular weight is 451 g/mol. The van der Waals surface area contributed by atoms with Crippen LogP contribution in [0.1, 0.15) is 25.8 Å². The van der Waals surface area contributed by atoms with Crippen molar-refractivity contribution in [3.05, 3.63) is 83.2 Å². The van der Waals surface area contributed by atoms with E-state index in [1.54, 1.807) is 13.0 Å². The molecule has 0 aliphatic carbocycles. The van der Waals surface area contributed by atoms with Crippen LogP contribution >= 0.6 is 0 Å². The standard InChI is InChI=1S/C23H30N8O2/c1-5-17-11-9-10-15(2)20(31(25)22-21(28-33-29-22)30(4)14-17)19(24)23(32)27-26-16(3)18-12-7-6-8-13-18/h6-13,21,28H,2,5,14,24-25H2,1,3-4H3,(H,27,32)/b10-9-,17-11-,20-19-,26-16+. The van der Waals surface area contributed by atoms with Crippen LogP contribution in [0.3, 0.4) is 0 Å². The minimum Gasteiger partial charge on any atom is -0.392 e. The number of nitrogens with two attached hydrogens (primary N) is 2. The summed E-state index contributed by atoms with van der Waals surface area (Å²) >= 11 is 0. The minimum atomic E-state index is -0.623. The lowest BCUT2D eigenvalue weighted by Crippen LogP contribution is -2.54. The number of carbonyl (C=O) groups excluding carboxylic acids is 1. The number of rotatable bonds is 4. The third-order valence-electron chi connectivity index (χ3n) is 5.33. The Kier molecular flexibility index (Phi) is 7.78. The third kappa shape index (κ3) is 5.55. The van der Waals surface area contributed by atoms with E-state index in [-0.39, 0.29) is 11.4 Å². The number of carbonyl (C=O) groups is 1. The molecule has 0 saturated carbocycles. The molecule has 0 radical (unpaired) electrons. The zero-order valence-corrected chi connectivity index (χ0v) is 19.1. The summed E-state index contributed by atoms with van der Waals surface area (Å²) < 4.78 is 0. The highest BCUT2D eigenvalue weighted by Crippen LogP contribution is 2.21. The molecule has 10 nitrogen and oxygen atoms in total. The second kappa shape index (κ2) is 10.7. The second-order valence-corrected chi connectivity index (χ2v) is 7.68. The van der Waals surface area contributed by atoms with Crippen molar-refractivity contribution >= 4 is 17.5 Å². The van der Waals surface area contributed by atoms with Gasteiger partial charge in [-0.2, -0.15) is 5.10 Å². The average Bonchev–Trinajstić information content (AvgIpc) is 3.31. The first-order chi connectivity index (χ1) is 15.8. The van der Waals surface area contributed by atoms with Gasteiger partial charge in [0.2, 0.25) is 5.84 Å². The van der Waals surface area contributed by atoms with E-state index in [4.69, 9.17) is 16.5 Å². The topological polar surface area (TPSA) is 134 Å². The summed E-state index contributed by atoms with van der Waals surface area (Å²) in [5.41, 5.74) is 14.7. The van der Waals surface area contributed by atoms with Gasteiger partial charge in [-0.1, -0.05) is 67.6 Å². The lowest BCUT2D eigenvalue weighted by molar-refractivity contribution is -0.117. The van der Waals surface area contributed by atoms with Crippen molar-refractivity contribution in [3.63, 3.8) is 0 Å². The van der Waals surface area contributed by atoms with Crippen LogP contribution in [0.4, 0.5) is 0 Å². The Labute approximate surface area is 193 Å². The molecule has 6 N–H and O–H groups in total. The molecule has 0 fully saturated rings. The van der Waals surface area contributed by atoms with Crippen molar-refractivity contribution in [1.82, 2.24) is 20.8 Å². The maximum atomic E-state index is 12.9. The molecule has 33 heavy (non-hydrogen) atoms. The van der Waals surface area contributed by atoms with E-state index in [2.05, 4.69) is 34.7 Å². The van der Waals surface area contributed by atoms with Crippen molar-refractivity contribution in [2.45, 2.75) is 26.4 Å². The molecule has 1 aromatic rings. The summed E-state index contributed by atoms with van der Waals surface area (Å²) in [7, 11) is 1.91. The van der Waals surface area contributed by atoms with Gasteiger partial charge in [0.15, 0.2) is 6.17 Å². The summed E-state index contributed by atoms with van der Waals surface area (Å²) in [6.07, 6.45) is 6.01. The van der Waals surface area contributed by atoms with Crippen molar-refractivity contribution < 1.29 is 9.73 Å². The number of oxime groups is 1. The van der Waals surface area contributed by atoms with E-state index in [0.717, 1.165) is 12.0 Å². The van der Waals surface area contributed by atoms with Gasteiger partial charge in [-0.25, -0.2) is 11.3 Å². The van der Waals surface area contributed by atoms with Crippen LogP contribution in [0.25, 0.3) is 0 Å². The van der Waals surface area contributed by atoms with Crippen LogP contribution in [0.5, 0.6) is 0 Å². The quantitative estimate of drug-likeness (QED) is 0.236. The lowest BCUT2D eigenvalue weighted by atomic mass is 10.1. The second-order valence-electron chi connectivity index (χ2n) is 7.68. The number of likely N-dealkylation sites (N-methyl/N-ethyl adjacent to an activating group) is 1. The molecular formula is C23H30N8O2. The molecule has 1 unspecified atom stereocenters. The summed E-state index contributed by atoms with van der Waals surface area (Å²) in [5.74, 6) is 6.11. The fraction of sp³-hybridized carbons (Fsp3) is 0.261. The molecular weight excluding hydrogens is 420 g/mol. The Bertz CT molecular complexity index is 1060. The van der Waals surface area contributed by atoms with E-state index in [0.29, 0.717) is 23.7 Å². The van der Waals surface area contributed by atoms with Gasteiger partial charge in [0.25, 0.3) is 5.91 Å². The van der Waals surface area contributed by atoms with E-state index in [1.807, 2.05) is 54.4 Å². The zero-order chi connectivity index (χ0) is 24.0. The Morgan fingerprint density at radius 2 is 2.12 bits per heavy atom. The fourth-order valence-electron chi connectivity index (χ4n) is 3.38. The third-order valence-corrected chi connectivity index (χ3v) is 5.33. The number of nitrogens with one attached hydrogen (secondary N) is 2. The summed E-state index contributed by atoms with van der Waals surface area (Å²) in [6, 6.07) is 9.47. The van der Waals surface area contributed by atoms with Crippen LogP contribution in [0.15, 0.2) is 87.9 Å². The number of benzene rings is 1. The fourth-order valence-corrected chi connectivity index (χ4v) is 3.38. The first-order valence-electron chi connectivity index (χ1n) is 10.5. The molecule has 2 aliphatic rings. The Morgan fingerprint density at radius 3 is 2.82 bits per heavy atom. The lowest BCUT2D eigenvalue weighted by Gasteiger charge is -2.29. The maximum Gasteiger partial charge on any atom is 0.289 e. The van der Waals surface area contributed by atoms with Gasteiger partial charge in [0.05, 0.1) is 11.4 Å². The summed E-state index contributed by atoms with van der Waals surface area (Å²) in [5, 5.41) is 9.39. The molecule has 1 amide bonds. The number of amidine groups is 1. The number of hydrogen-bond acceptors (Lipinski definition) is 9. The molecule has 0 spiro atoms. The molecule has 2 aliphatic heterocycles. The Morgan fingerprint density at radius 1 is 1.39 bits per heavy atom. The molecule has 0 aromatic heterocycles. The Hall–Kier alpha value is -3.73. The van der Waals surface area contributed by atoms with E-state index >= 15 is 0 Å². The molecule has 1 aromatic carbocycles. The molecule has 1 atom stereocenters. The largest absolute Gasteiger partial charge is 0.392 e. The number of hydrazone groups is 1. The zero-order valence-electron chi connectivity index (χ0n) is 19.1. The van der Waals surface area contributed by atoms with E-state index < -0.39 is 12.1 Å². The van der Waals surface area contributed by atoms with Crippen LogP contribution in [0.2, 0.25) is 0 Å². The van der Waals surface area contributed by atoms with Gasteiger partial charge in [-0.15, -0.1) is 5.48 Å². The van der Waals surface area contributed by atoms with Gasteiger partial charge in [0.1, 0.15) is 5.70 Å². The number of fused-ring (bicyclic) bond motifs is 1. The normalized spacial score (nSPS) is 24.0. The molecule has 0 bridgehead atoms. The minimum absolute atomic E-state index is 0.160. The highest BCUT2D eigenvalue weighted by molar-refractivity contribution is 6.01. The molecule has 3 rings (SSSR count). The molecule has 10 heteroatoms. The van der Waals surface area contributed by atoms with Crippen LogP contribution < -0.4 is 22.5 Å². The number of nitrogens with zero attached hydrogens (tertiary/aromatic N) is 4. The summed E-state index contributed by atoms with van der Waals surface area (Å²) in [6.45, 7) is 8.58. The van der Waals surface area contributed by atoms with Crippen LogP contribution in [-0.2, 0) is 9.73 Å². The van der Waals surface area contributed by atoms with E-state index in [1.165, 1.54) is 10.6 Å². The molecule has 0 saturated heterocycles. The molecule has 2 heterocycles. The number of hydrogen-bond donors (Lipinski definition) is 4. The van der Waals surface area contributed by atoms with Gasteiger partial charge >= 0.3 is 0 Å². The van der Waals surface area contributed by atoms with Crippen molar-refractivity contribution in [2.24, 2.45) is 21.8 Å². The van der Waals surface area contributed by atoms with Crippen LogP contribution in [0, 0.1) is 0 Å². The van der Waals surface area contributed by atoms with Crippen molar-refractivity contribution in [1.29, 1.82) is 0 Å². The van der Waals surface area contributed by atoms with E-state index in [9.17, 15) is 4.79 Å². The first kappa shape index (κ1) is 23.9. The van der Waals surface area contributed by atoms with Gasteiger partial charge in [-0.05, 0) is 36.7 Å².